The van der Waals surface area contributed by atoms with E-state index in [2.05, 4.69) is 0 Å². The van der Waals surface area contributed by atoms with E-state index >= 15 is 0 Å². The van der Waals surface area contributed by atoms with E-state index in [1.165, 1.54) is 19.3 Å². The highest BCUT2D eigenvalue weighted by molar-refractivity contribution is 5.48. The highest BCUT2D eigenvalue weighted by Gasteiger charge is 2.22. The Labute approximate surface area is 120 Å². The highest BCUT2D eigenvalue weighted by atomic mass is 16.5. The number of para-hydroxylation sites is 1. The Hall–Kier alpha value is -1.96. The number of hydrogen-bond donors (Lipinski definition) is 1. The van der Waals surface area contributed by atoms with Crippen LogP contribution in [0.5, 0.6) is 17.2 Å². The molecule has 1 aliphatic carbocycles. The number of benzene rings is 2. The lowest BCUT2D eigenvalue weighted by Crippen LogP contribution is -2.06. The van der Waals surface area contributed by atoms with Crippen LogP contribution in [0, 0.1) is 0 Å². The summed E-state index contributed by atoms with van der Waals surface area (Å²) in [6.45, 7) is 0. The molecule has 2 aromatic carbocycles. The Morgan fingerprint density at radius 2 is 1.60 bits per heavy atom. The predicted molar refractivity (Wildman–Crippen MR) is 80.4 cm³/mol. The smallest absolute Gasteiger partial charge is 0.134 e. The molecule has 0 radical (unpaired) electrons. The van der Waals surface area contributed by atoms with Crippen LogP contribution in [0.4, 0.5) is 0 Å². The average molecular weight is 268 g/mol. The van der Waals surface area contributed by atoms with E-state index in [4.69, 9.17) is 4.74 Å². The standard InChI is InChI=1S/C18H20O2/c19-16-12-7-13-17(20-15-10-5-2-6-11-15)18(16)14-8-3-1-4-9-14/h2,5-7,10-14,19H,1,3-4,8-9H2. The van der Waals surface area contributed by atoms with Gasteiger partial charge in [0.05, 0.1) is 0 Å². The van der Waals surface area contributed by atoms with Crippen molar-refractivity contribution >= 4 is 0 Å². The zero-order valence-electron chi connectivity index (χ0n) is 11.6. The van der Waals surface area contributed by atoms with Crippen molar-refractivity contribution in [2.24, 2.45) is 0 Å². The van der Waals surface area contributed by atoms with E-state index < -0.39 is 0 Å². The number of rotatable bonds is 3. The van der Waals surface area contributed by atoms with Crippen LogP contribution in [0.3, 0.4) is 0 Å². The predicted octanol–water partition coefficient (Wildman–Crippen LogP) is 5.23. The summed E-state index contributed by atoms with van der Waals surface area (Å²) in [7, 11) is 0. The molecule has 20 heavy (non-hydrogen) atoms. The van der Waals surface area contributed by atoms with E-state index in [9.17, 15) is 5.11 Å². The zero-order valence-corrected chi connectivity index (χ0v) is 11.6. The maximum Gasteiger partial charge on any atom is 0.134 e. The van der Waals surface area contributed by atoms with Crippen LogP contribution in [-0.4, -0.2) is 5.11 Å². The van der Waals surface area contributed by atoms with Crippen LogP contribution in [-0.2, 0) is 0 Å². The summed E-state index contributed by atoms with van der Waals surface area (Å²) >= 11 is 0. The molecule has 104 valence electrons. The molecule has 0 aliphatic heterocycles. The summed E-state index contributed by atoms with van der Waals surface area (Å²) in [6.07, 6.45) is 6.07. The first-order valence-corrected chi connectivity index (χ1v) is 7.39. The molecule has 0 bridgehead atoms. The van der Waals surface area contributed by atoms with Gasteiger partial charge in [0.25, 0.3) is 0 Å². The van der Waals surface area contributed by atoms with Gasteiger partial charge in [-0.15, -0.1) is 0 Å². The molecule has 1 aliphatic rings. The van der Waals surface area contributed by atoms with Gasteiger partial charge in [-0.1, -0.05) is 43.5 Å². The van der Waals surface area contributed by atoms with E-state index in [1.807, 2.05) is 42.5 Å². The lowest BCUT2D eigenvalue weighted by molar-refractivity contribution is 0.393. The molecule has 2 heteroatoms. The van der Waals surface area contributed by atoms with Gasteiger partial charge in [0, 0.05) is 5.56 Å². The van der Waals surface area contributed by atoms with E-state index in [1.54, 1.807) is 6.07 Å². The second-order valence-corrected chi connectivity index (χ2v) is 5.44. The van der Waals surface area contributed by atoms with Gasteiger partial charge in [-0.25, -0.2) is 0 Å². The SMILES string of the molecule is Oc1cccc(Oc2ccccc2)c1C1CCCCC1. The second-order valence-electron chi connectivity index (χ2n) is 5.44. The maximum atomic E-state index is 10.2. The molecular weight excluding hydrogens is 248 g/mol. The first-order valence-electron chi connectivity index (χ1n) is 7.39. The van der Waals surface area contributed by atoms with E-state index in [0.29, 0.717) is 11.7 Å². The fourth-order valence-electron chi connectivity index (χ4n) is 3.04. The van der Waals surface area contributed by atoms with Crippen molar-refractivity contribution in [3.63, 3.8) is 0 Å². The molecule has 0 amide bonds. The summed E-state index contributed by atoms with van der Waals surface area (Å²) in [5.41, 5.74) is 0.982. The second kappa shape index (κ2) is 6.00. The third kappa shape index (κ3) is 2.79. The zero-order chi connectivity index (χ0) is 13.8. The van der Waals surface area contributed by atoms with Gasteiger partial charge in [-0.3, -0.25) is 0 Å². The summed E-state index contributed by atoms with van der Waals surface area (Å²) in [5, 5.41) is 10.2. The molecule has 0 heterocycles. The molecule has 0 aromatic heterocycles. The molecular formula is C18H20O2. The summed E-state index contributed by atoms with van der Waals surface area (Å²) in [4.78, 5) is 0. The van der Waals surface area contributed by atoms with Crippen LogP contribution >= 0.6 is 0 Å². The van der Waals surface area contributed by atoms with Crippen molar-refractivity contribution in [3.05, 3.63) is 54.1 Å². The van der Waals surface area contributed by atoms with Crippen molar-refractivity contribution < 1.29 is 9.84 Å². The van der Waals surface area contributed by atoms with Gasteiger partial charge >= 0.3 is 0 Å². The summed E-state index contributed by atoms with van der Waals surface area (Å²) in [6, 6.07) is 15.3. The first kappa shape index (κ1) is 13.0. The normalized spacial score (nSPS) is 16.0. The minimum absolute atomic E-state index is 0.366. The molecule has 2 aromatic rings. The van der Waals surface area contributed by atoms with Crippen LogP contribution in [0.1, 0.15) is 43.6 Å². The van der Waals surface area contributed by atoms with Gasteiger partial charge in [-0.05, 0) is 43.0 Å². The van der Waals surface area contributed by atoms with Crippen molar-refractivity contribution in [2.75, 3.05) is 0 Å². The Bertz CT molecular complexity index is 557. The minimum Gasteiger partial charge on any atom is -0.508 e. The summed E-state index contributed by atoms with van der Waals surface area (Å²) in [5.74, 6) is 2.40. The van der Waals surface area contributed by atoms with Crippen LogP contribution in [0.2, 0.25) is 0 Å². The van der Waals surface area contributed by atoms with Crippen molar-refractivity contribution in [1.29, 1.82) is 0 Å². The lowest BCUT2D eigenvalue weighted by Gasteiger charge is -2.24. The van der Waals surface area contributed by atoms with E-state index in [-0.39, 0.29) is 0 Å². The van der Waals surface area contributed by atoms with Crippen molar-refractivity contribution in [1.82, 2.24) is 0 Å². The molecule has 0 saturated heterocycles. The molecule has 1 saturated carbocycles. The molecule has 0 spiro atoms. The van der Waals surface area contributed by atoms with Gasteiger partial charge in [0.15, 0.2) is 0 Å². The van der Waals surface area contributed by atoms with Gasteiger partial charge < -0.3 is 9.84 Å². The Morgan fingerprint density at radius 1 is 0.850 bits per heavy atom. The largest absolute Gasteiger partial charge is 0.508 e. The first-order chi connectivity index (χ1) is 9.84. The van der Waals surface area contributed by atoms with E-state index in [0.717, 1.165) is 29.9 Å². The lowest BCUT2D eigenvalue weighted by atomic mass is 9.83. The average Bonchev–Trinajstić information content (AvgIpc) is 2.49. The fourth-order valence-corrected chi connectivity index (χ4v) is 3.04. The van der Waals surface area contributed by atoms with Gasteiger partial charge in [-0.2, -0.15) is 0 Å². The van der Waals surface area contributed by atoms with Gasteiger partial charge in [0.2, 0.25) is 0 Å². The number of aromatic hydroxyl groups is 1. The number of phenolic OH excluding ortho intramolecular Hbond substituents is 1. The Morgan fingerprint density at radius 3 is 2.35 bits per heavy atom. The quantitative estimate of drug-likeness (QED) is 0.825. The van der Waals surface area contributed by atoms with Crippen molar-refractivity contribution in [3.8, 4) is 17.2 Å². The molecule has 0 atom stereocenters. The fraction of sp³-hybridized carbons (Fsp3) is 0.333. The monoisotopic (exact) mass is 268 g/mol. The topological polar surface area (TPSA) is 29.5 Å². The molecule has 1 fully saturated rings. The van der Waals surface area contributed by atoms with Crippen LogP contribution in [0.25, 0.3) is 0 Å². The minimum atomic E-state index is 0.366. The number of phenols is 1. The molecule has 0 unspecified atom stereocenters. The number of ether oxygens (including phenoxy) is 1. The van der Waals surface area contributed by atoms with Crippen LogP contribution in [0.15, 0.2) is 48.5 Å². The molecule has 1 N–H and O–H groups in total. The van der Waals surface area contributed by atoms with Crippen LogP contribution < -0.4 is 4.74 Å². The Kier molecular flexibility index (Phi) is 3.91. The van der Waals surface area contributed by atoms with Gasteiger partial charge in [0.1, 0.15) is 17.2 Å². The van der Waals surface area contributed by atoms with Crippen molar-refractivity contribution in [2.45, 2.75) is 38.0 Å². The molecule has 2 nitrogen and oxygen atoms in total. The number of hydrogen-bond acceptors (Lipinski definition) is 2. The molecule has 3 rings (SSSR count). The third-order valence-electron chi connectivity index (χ3n) is 4.03. The summed E-state index contributed by atoms with van der Waals surface area (Å²) < 4.78 is 5.98. The third-order valence-corrected chi connectivity index (χ3v) is 4.03. The maximum absolute atomic E-state index is 10.2. The Balaban J connectivity index is 1.92. The highest BCUT2D eigenvalue weighted by Crippen LogP contribution is 2.43.